The third kappa shape index (κ3) is 3.09. The van der Waals surface area contributed by atoms with Gasteiger partial charge in [0.25, 0.3) is 0 Å². The van der Waals surface area contributed by atoms with E-state index in [1.54, 1.807) is 6.92 Å². The molecule has 1 aromatic rings. The van der Waals surface area contributed by atoms with Crippen LogP contribution in [-0.2, 0) is 11.2 Å². The van der Waals surface area contributed by atoms with Gasteiger partial charge in [0.15, 0.2) is 0 Å². The van der Waals surface area contributed by atoms with Gasteiger partial charge in [-0.15, -0.1) is 0 Å². The van der Waals surface area contributed by atoms with Gasteiger partial charge in [0.05, 0.1) is 5.92 Å². The third-order valence-corrected chi connectivity index (χ3v) is 3.85. The fourth-order valence-electron chi connectivity index (χ4n) is 2.63. The first kappa shape index (κ1) is 12.2. The predicted octanol–water partition coefficient (Wildman–Crippen LogP) is 3.61. The fourth-order valence-corrected chi connectivity index (χ4v) is 2.63. The Labute approximate surface area is 103 Å². The van der Waals surface area contributed by atoms with E-state index >= 15 is 0 Å². The molecule has 2 heteroatoms. The van der Waals surface area contributed by atoms with E-state index in [-0.39, 0.29) is 0 Å². The average Bonchev–Trinajstić information content (AvgIpc) is 2.82. The topological polar surface area (TPSA) is 37.3 Å². The molecule has 0 aliphatic heterocycles. The Balaban J connectivity index is 1.99. The normalized spacial score (nSPS) is 18.2. The minimum Gasteiger partial charge on any atom is -0.481 e. The second-order valence-electron chi connectivity index (χ2n) is 5.16. The van der Waals surface area contributed by atoms with Crippen LogP contribution in [0.1, 0.15) is 49.7 Å². The maximum atomic E-state index is 10.9. The van der Waals surface area contributed by atoms with E-state index < -0.39 is 11.9 Å². The summed E-state index contributed by atoms with van der Waals surface area (Å²) in [6.45, 7) is 1.73. The molecule has 1 atom stereocenters. The van der Waals surface area contributed by atoms with Crippen LogP contribution in [-0.4, -0.2) is 11.1 Å². The van der Waals surface area contributed by atoms with E-state index in [1.165, 1.54) is 31.2 Å². The van der Waals surface area contributed by atoms with E-state index in [2.05, 4.69) is 12.1 Å². The lowest BCUT2D eigenvalue weighted by Gasteiger charge is -2.11. The zero-order valence-corrected chi connectivity index (χ0v) is 10.4. The molecule has 0 spiro atoms. The first-order valence-corrected chi connectivity index (χ1v) is 6.48. The van der Waals surface area contributed by atoms with Crippen LogP contribution in [0.25, 0.3) is 0 Å². The number of carbonyl (C=O) groups is 1. The molecule has 1 fully saturated rings. The standard InChI is InChI=1S/C15H20O2/c1-11(15(16)17)14-8-6-13(7-9-14)10-12-4-2-3-5-12/h6-9,11-12H,2-5,10H2,1H3,(H,16,17)/t11-/m0/s1. The van der Waals surface area contributed by atoms with Crippen molar-refractivity contribution in [2.24, 2.45) is 5.92 Å². The second-order valence-corrected chi connectivity index (χ2v) is 5.16. The van der Waals surface area contributed by atoms with Gasteiger partial charge in [-0.2, -0.15) is 0 Å². The van der Waals surface area contributed by atoms with E-state index in [0.29, 0.717) is 0 Å². The highest BCUT2D eigenvalue weighted by molar-refractivity contribution is 5.75. The van der Waals surface area contributed by atoms with Gasteiger partial charge in [0.1, 0.15) is 0 Å². The summed E-state index contributed by atoms with van der Waals surface area (Å²) in [5.74, 6) is -0.318. The van der Waals surface area contributed by atoms with Gasteiger partial charge < -0.3 is 5.11 Å². The Morgan fingerprint density at radius 2 is 1.88 bits per heavy atom. The molecule has 1 N–H and O–H groups in total. The van der Waals surface area contributed by atoms with Crippen LogP contribution in [0.2, 0.25) is 0 Å². The summed E-state index contributed by atoms with van der Waals surface area (Å²) >= 11 is 0. The monoisotopic (exact) mass is 232 g/mol. The zero-order chi connectivity index (χ0) is 12.3. The van der Waals surface area contributed by atoms with E-state index in [9.17, 15) is 4.79 Å². The van der Waals surface area contributed by atoms with Gasteiger partial charge in [-0.3, -0.25) is 4.79 Å². The second kappa shape index (κ2) is 5.35. The van der Waals surface area contributed by atoms with Gasteiger partial charge in [0, 0.05) is 0 Å². The maximum Gasteiger partial charge on any atom is 0.310 e. The molecule has 0 amide bonds. The van der Waals surface area contributed by atoms with Crippen molar-refractivity contribution < 1.29 is 9.90 Å². The molecule has 0 saturated heterocycles. The van der Waals surface area contributed by atoms with Crippen molar-refractivity contribution in [3.05, 3.63) is 35.4 Å². The van der Waals surface area contributed by atoms with E-state index in [1.807, 2.05) is 12.1 Å². The van der Waals surface area contributed by atoms with Crippen molar-refractivity contribution in [3.63, 3.8) is 0 Å². The highest BCUT2D eigenvalue weighted by Gasteiger charge is 2.16. The molecule has 0 heterocycles. The van der Waals surface area contributed by atoms with Gasteiger partial charge in [-0.05, 0) is 30.4 Å². The Hall–Kier alpha value is -1.31. The largest absolute Gasteiger partial charge is 0.481 e. The van der Waals surface area contributed by atoms with E-state index in [4.69, 9.17) is 5.11 Å². The van der Waals surface area contributed by atoms with Crippen LogP contribution in [0, 0.1) is 5.92 Å². The molecular weight excluding hydrogens is 212 g/mol. The lowest BCUT2D eigenvalue weighted by Crippen LogP contribution is -2.07. The molecule has 92 valence electrons. The predicted molar refractivity (Wildman–Crippen MR) is 68.2 cm³/mol. The summed E-state index contributed by atoms with van der Waals surface area (Å²) in [5.41, 5.74) is 2.24. The Morgan fingerprint density at radius 3 is 2.41 bits per heavy atom. The molecule has 1 saturated carbocycles. The molecule has 0 unspecified atom stereocenters. The molecular formula is C15H20O2. The summed E-state index contributed by atoms with van der Waals surface area (Å²) in [5, 5.41) is 8.93. The third-order valence-electron chi connectivity index (χ3n) is 3.85. The summed E-state index contributed by atoms with van der Waals surface area (Å²) in [6.07, 6.45) is 6.61. The van der Waals surface area contributed by atoms with Crippen molar-refractivity contribution >= 4 is 5.97 Å². The van der Waals surface area contributed by atoms with Crippen LogP contribution in [0.3, 0.4) is 0 Å². The summed E-state index contributed by atoms with van der Waals surface area (Å²) in [4.78, 5) is 10.9. The first-order chi connectivity index (χ1) is 8.16. The lowest BCUT2D eigenvalue weighted by atomic mass is 9.95. The Kier molecular flexibility index (Phi) is 3.82. The molecule has 2 nitrogen and oxygen atoms in total. The molecule has 17 heavy (non-hydrogen) atoms. The Morgan fingerprint density at radius 1 is 1.29 bits per heavy atom. The molecule has 2 rings (SSSR count). The molecule has 0 radical (unpaired) electrons. The lowest BCUT2D eigenvalue weighted by molar-refractivity contribution is -0.138. The first-order valence-electron chi connectivity index (χ1n) is 6.48. The molecule has 1 aliphatic carbocycles. The SMILES string of the molecule is C[C@H](C(=O)O)c1ccc(CC2CCCC2)cc1. The van der Waals surface area contributed by atoms with Gasteiger partial charge in [0.2, 0.25) is 0 Å². The van der Waals surface area contributed by atoms with Crippen LogP contribution in [0.4, 0.5) is 0 Å². The van der Waals surface area contributed by atoms with Gasteiger partial charge in [-0.25, -0.2) is 0 Å². The van der Waals surface area contributed by atoms with Crippen LogP contribution in [0.5, 0.6) is 0 Å². The average molecular weight is 232 g/mol. The summed E-state index contributed by atoms with van der Waals surface area (Å²) < 4.78 is 0. The van der Waals surface area contributed by atoms with E-state index in [0.717, 1.165) is 17.9 Å². The number of aliphatic carboxylic acids is 1. The fraction of sp³-hybridized carbons (Fsp3) is 0.533. The number of hydrogen-bond acceptors (Lipinski definition) is 1. The number of benzene rings is 1. The van der Waals surface area contributed by atoms with Crippen molar-refractivity contribution in [2.75, 3.05) is 0 Å². The summed E-state index contributed by atoms with van der Waals surface area (Å²) in [6, 6.07) is 8.10. The molecule has 0 aromatic heterocycles. The highest BCUT2D eigenvalue weighted by atomic mass is 16.4. The van der Waals surface area contributed by atoms with Gasteiger partial charge in [-0.1, -0.05) is 49.9 Å². The van der Waals surface area contributed by atoms with Crippen LogP contribution < -0.4 is 0 Å². The van der Waals surface area contributed by atoms with Crippen molar-refractivity contribution in [3.8, 4) is 0 Å². The quantitative estimate of drug-likeness (QED) is 0.861. The molecule has 1 aliphatic rings. The minimum atomic E-state index is -0.756. The number of hydrogen-bond donors (Lipinski definition) is 1. The number of carboxylic acids is 1. The molecule has 0 bridgehead atoms. The van der Waals surface area contributed by atoms with Gasteiger partial charge >= 0.3 is 5.97 Å². The smallest absolute Gasteiger partial charge is 0.310 e. The zero-order valence-electron chi connectivity index (χ0n) is 10.4. The number of rotatable bonds is 4. The van der Waals surface area contributed by atoms with Crippen LogP contribution >= 0.6 is 0 Å². The van der Waals surface area contributed by atoms with Crippen LogP contribution in [0.15, 0.2) is 24.3 Å². The summed E-state index contributed by atoms with van der Waals surface area (Å²) in [7, 11) is 0. The van der Waals surface area contributed by atoms with Crippen molar-refractivity contribution in [1.29, 1.82) is 0 Å². The number of carboxylic acid groups (broad SMARTS) is 1. The minimum absolute atomic E-state index is 0.407. The van der Waals surface area contributed by atoms with Crippen molar-refractivity contribution in [2.45, 2.75) is 44.9 Å². The highest BCUT2D eigenvalue weighted by Crippen LogP contribution is 2.28. The van der Waals surface area contributed by atoms with Crippen molar-refractivity contribution in [1.82, 2.24) is 0 Å². The molecule has 1 aromatic carbocycles. The maximum absolute atomic E-state index is 10.9. The Bertz CT molecular complexity index is 374.